The van der Waals surface area contributed by atoms with Crippen LogP contribution in [0.15, 0.2) is 46.9 Å². The number of benzene rings is 2. The van der Waals surface area contributed by atoms with Gasteiger partial charge in [0.25, 0.3) is 5.69 Å². The molecule has 2 aromatic carbocycles. The standard InChI is InChI=1S/C14H11BrClN3O3/c15-9-1-3-10(4-2-9)18-14(20)8-17-11-5-6-12(16)13(7-11)19(21)22/h1-7,17H,8H2,(H,18,20). The number of nitrogens with one attached hydrogen (secondary N) is 2. The molecule has 0 unspecified atom stereocenters. The lowest BCUT2D eigenvalue weighted by Crippen LogP contribution is -2.21. The van der Waals surface area contributed by atoms with E-state index in [4.69, 9.17) is 11.6 Å². The Morgan fingerprint density at radius 2 is 1.82 bits per heavy atom. The summed E-state index contributed by atoms with van der Waals surface area (Å²) in [6.45, 7) is -0.0190. The minimum atomic E-state index is -0.574. The number of hydrogen-bond acceptors (Lipinski definition) is 4. The highest BCUT2D eigenvalue weighted by Crippen LogP contribution is 2.27. The van der Waals surface area contributed by atoms with Crippen molar-refractivity contribution in [3.63, 3.8) is 0 Å². The molecule has 0 fully saturated rings. The van der Waals surface area contributed by atoms with Gasteiger partial charge in [0.1, 0.15) is 5.02 Å². The molecular formula is C14H11BrClN3O3. The first kappa shape index (κ1) is 16.3. The molecule has 0 aromatic heterocycles. The van der Waals surface area contributed by atoms with E-state index in [0.29, 0.717) is 11.4 Å². The normalized spacial score (nSPS) is 10.1. The number of carbonyl (C=O) groups is 1. The van der Waals surface area contributed by atoms with Crippen molar-refractivity contribution in [3.05, 3.63) is 62.1 Å². The Balaban J connectivity index is 1.95. The second-order valence-electron chi connectivity index (χ2n) is 4.33. The Morgan fingerprint density at radius 3 is 2.45 bits per heavy atom. The lowest BCUT2D eigenvalue weighted by atomic mass is 10.2. The van der Waals surface area contributed by atoms with E-state index in [2.05, 4.69) is 26.6 Å². The molecule has 114 valence electrons. The molecule has 0 radical (unpaired) electrons. The predicted molar refractivity (Wildman–Crippen MR) is 89.4 cm³/mol. The summed E-state index contributed by atoms with van der Waals surface area (Å²) < 4.78 is 0.914. The maximum atomic E-state index is 11.8. The molecule has 0 saturated heterocycles. The number of halogens is 2. The minimum Gasteiger partial charge on any atom is -0.376 e. The quantitative estimate of drug-likeness (QED) is 0.601. The van der Waals surface area contributed by atoms with Gasteiger partial charge in [-0.1, -0.05) is 27.5 Å². The van der Waals surface area contributed by atoms with Crippen LogP contribution in [-0.2, 0) is 4.79 Å². The van der Waals surface area contributed by atoms with Crippen molar-refractivity contribution in [2.45, 2.75) is 0 Å². The van der Waals surface area contributed by atoms with Crippen molar-refractivity contribution < 1.29 is 9.72 Å². The van der Waals surface area contributed by atoms with Gasteiger partial charge in [0.2, 0.25) is 5.91 Å². The molecule has 0 spiro atoms. The molecule has 8 heteroatoms. The number of nitro groups is 1. The summed E-state index contributed by atoms with van der Waals surface area (Å²) in [7, 11) is 0. The summed E-state index contributed by atoms with van der Waals surface area (Å²) in [6.07, 6.45) is 0. The van der Waals surface area contributed by atoms with E-state index in [-0.39, 0.29) is 23.2 Å². The third-order valence-electron chi connectivity index (χ3n) is 2.72. The summed E-state index contributed by atoms with van der Waals surface area (Å²) >= 11 is 9.03. The van der Waals surface area contributed by atoms with Gasteiger partial charge in [-0.2, -0.15) is 0 Å². The van der Waals surface area contributed by atoms with Crippen molar-refractivity contribution in [1.29, 1.82) is 0 Å². The lowest BCUT2D eigenvalue weighted by molar-refractivity contribution is -0.384. The first-order valence-electron chi connectivity index (χ1n) is 6.19. The highest BCUT2D eigenvalue weighted by atomic mass is 79.9. The predicted octanol–water partition coefficient (Wildman–Crippen LogP) is 4.06. The smallest absolute Gasteiger partial charge is 0.289 e. The lowest BCUT2D eigenvalue weighted by Gasteiger charge is -2.08. The van der Waals surface area contributed by atoms with Crippen LogP contribution in [0.5, 0.6) is 0 Å². The zero-order valence-electron chi connectivity index (χ0n) is 11.2. The number of amides is 1. The first-order chi connectivity index (χ1) is 10.5. The molecule has 2 aromatic rings. The monoisotopic (exact) mass is 383 g/mol. The van der Waals surface area contributed by atoms with Crippen LogP contribution in [0.25, 0.3) is 0 Å². The second-order valence-corrected chi connectivity index (χ2v) is 5.65. The van der Waals surface area contributed by atoms with Gasteiger partial charge >= 0.3 is 0 Å². The van der Waals surface area contributed by atoms with Crippen LogP contribution in [0.1, 0.15) is 0 Å². The number of hydrogen-bond donors (Lipinski definition) is 2. The number of anilines is 2. The van der Waals surface area contributed by atoms with E-state index < -0.39 is 4.92 Å². The van der Waals surface area contributed by atoms with E-state index in [9.17, 15) is 14.9 Å². The molecule has 1 amide bonds. The molecule has 2 rings (SSSR count). The second kappa shape index (κ2) is 7.24. The fourth-order valence-electron chi connectivity index (χ4n) is 1.68. The Hall–Kier alpha value is -2.12. The van der Waals surface area contributed by atoms with E-state index in [1.807, 2.05) is 12.1 Å². The summed E-state index contributed by atoms with van der Waals surface area (Å²) in [4.78, 5) is 22.0. The van der Waals surface area contributed by atoms with Crippen LogP contribution in [0.4, 0.5) is 17.1 Å². The first-order valence-corrected chi connectivity index (χ1v) is 7.36. The fraction of sp³-hybridized carbons (Fsp3) is 0.0714. The van der Waals surface area contributed by atoms with Crippen LogP contribution in [0.2, 0.25) is 5.02 Å². The maximum Gasteiger partial charge on any atom is 0.289 e. The largest absolute Gasteiger partial charge is 0.376 e. The number of nitrogens with zero attached hydrogens (tertiary/aromatic N) is 1. The molecule has 0 saturated carbocycles. The van der Waals surface area contributed by atoms with E-state index in [1.54, 1.807) is 18.2 Å². The van der Waals surface area contributed by atoms with Gasteiger partial charge in [-0.15, -0.1) is 0 Å². The minimum absolute atomic E-state index is 0.0190. The molecule has 0 heterocycles. The average Bonchev–Trinajstić information content (AvgIpc) is 2.48. The van der Waals surface area contributed by atoms with Crippen molar-refractivity contribution in [2.24, 2.45) is 0 Å². The summed E-state index contributed by atoms with van der Waals surface area (Å²) in [5.41, 5.74) is 0.902. The zero-order valence-corrected chi connectivity index (χ0v) is 13.5. The Bertz CT molecular complexity index is 707. The molecule has 0 aliphatic rings. The van der Waals surface area contributed by atoms with Crippen LogP contribution in [0, 0.1) is 10.1 Å². The van der Waals surface area contributed by atoms with Gasteiger partial charge in [0.15, 0.2) is 0 Å². The average molecular weight is 385 g/mol. The van der Waals surface area contributed by atoms with Gasteiger partial charge in [0.05, 0.1) is 11.5 Å². The van der Waals surface area contributed by atoms with Crippen molar-refractivity contribution in [3.8, 4) is 0 Å². The van der Waals surface area contributed by atoms with E-state index in [1.165, 1.54) is 12.1 Å². The van der Waals surface area contributed by atoms with Crippen LogP contribution in [0.3, 0.4) is 0 Å². The van der Waals surface area contributed by atoms with Crippen LogP contribution < -0.4 is 10.6 Å². The van der Waals surface area contributed by atoms with Gasteiger partial charge < -0.3 is 10.6 Å². The Kier molecular flexibility index (Phi) is 5.35. The summed E-state index contributed by atoms with van der Waals surface area (Å²) in [5, 5.41) is 16.4. The molecule has 0 atom stereocenters. The number of carbonyl (C=O) groups excluding carboxylic acids is 1. The molecule has 0 bridgehead atoms. The highest BCUT2D eigenvalue weighted by molar-refractivity contribution is 9.10. The van der Waals surface area contributed by atoms with Crippen molar-refractivity contribution in [2.75, 3.05) is 17.2 Å². The van der Waals surface area contributed by atoms with Crippen molar-refractivity contribution in [1.82, 2.24) is 0 Å². The van der Waals surface area contributed by atoms with E-state index in [0.717, 1.165) is 4.47 Å². The third-order valence-corrected chi connectivity index (χ3v) is 3.57. The van der Waals surface area contributed by atoms with Crippen LogP contribution >= 0.6 is 27.5 Å². The Morgan fingerprint density at radius 1 is 1.18 bits per heavy atom. The molecule has 6 nitrogen and oxygen atoms in total. The van der Waals surface area contributed by atoms with Gasteiger partial charge in [-0.05, 0) is 36.4 Å². The third kappa shape index (κ3) is 4.44. The fourth-order valence-corrected chi connectivity index (χ4v) is 2.13. The maximum absolute atomic E-state index is 11.8. The molecular weight excluding hydrogens is 374 g/mol. The molecule has 2 N–H and O–H groups in total. The topological polar surface area (TPSA) is 84.3 Å². The van der Waals surface area contributed by atoms with E-state index >= 15 is 0 Å². The van der Waals surface area contributed by atoms with Crippen molar-refractivity contribution >= 4 is 50.5 Å². The molecule has 0 aliphatic carbocycles. The zero-order chi connectivity index (χ0) is 16.1. The van der Waals surface area contributed by atoms with Gasteiger partial charge in [0, 0.05) is 21.9 Å². The summed E-state index contributed by atoms with van der Waals surface area (Å²) in [5.74, 6) is -0.264. The Labute approximate surface area is 139 Å². The summed E-state index contributed by atoms with van der Waals surface area (Å²) in [6, 6.07) is 11.4. The molecule has 0 aliphatic heterocycles. The number of nitro benzene ring substituents is 1. The molecule has 22 heavy (non-hydrogen) atoms. The number of rotatable bonds is 5. The van der Waals surface area contributed by atoms with Crippen LogP contribution in [-0.4, -0.2) is 17.4 Å². The highest BCUT2D eigenvalue weighted by Gasteiger charge is 2.13. The van der Waals surface area contributed by atoms with Gasteiger partial charge in [-0.3, -0.25) is 14.9 Å². The van der Waals surface area contributed by atoms with Gasteiger partial charge in [-0.25, -0.2) is 0 Å². The SMILES string of the molecule is O=C(CNc1ccc(Cl)c([N+](=O)[O-])c1)Nc1ccc(Br)cc1.